The summed E-state index contributed by atoms with van der Waals surface area (Å²) < 4.78 is 0. The van der Waals surface area contributed by atoms with E-state index < -0.39 is 17.6 Å². The first-order valence-corrected chi connectivity index (χ1v) is 5.43. The first kappa shape index (κ1) is 10.3. The Hall–Kier alpha value is -1.88. The van der Waals surface area contributed by atoms with E-state index in [-0.39, 0.29) is 18.9 Å². The zero-order valence-electron chi connectivity index (χ0n) is 8.96. The van der Waals surface area contributed by atoms with Gasteiger partial charge in [0.05, 0.1) is 0 Å². The average Bonchev–Trinajstić information content (AvgIpc) is 2.75. The van der Waals surface area contributed by atoms with Gasteiger partial charge in [0.2, 0.25) is 0 Å². The summed E-state index contributed by atoms with van der Waals surface area (Å²) in [5.41, 5.74) is -0.852. The predicted octanol–water partition coefficient (Wildman–Crippen LogP) is 0.392. The van der Waals surface area contributed by atoms with E-state index in [0.717, 1.165) is 0 Å². The molecule has 1 fully saturated rings. The molecule has 1 aromatic rings. The molecular formula is C12H11NO4. The predicted molar refractivity (Wildman–Crippen MR) is 57.1 cm³/mol. The van der Waals surface area contributed by atoms with Gasteiger partial charge in [-0.25, -0.2) is 0 Å². The summed E-state index contributed by atoms with van der Waals surface area (Å²) in [5.74, 6) is -2.30. The number of carboxylic acids is 1. The highest BCUT2D eigenvalue weighted by Gasteiger charge is 2.59. The number of rotatable bonds is 1. The van der Waals surface area contributed by atoms with E-state index in [4.69, 9.17) is 5.11 Å². The van der Waals surface area contributed by atoms with Crippen molar-refractivity contribution in [3.8, 4) is 0 Å². The molecule has 1 amide bonds. The van der Waals surface area contributed by atoms with E-state index in [1.165, 1.54) is 4.90 Å². The number of benzene rings is 1. The van der Waals surface area contributed by atoms with Crippen LogP contribution in [0.1, 0.15) is 22.3 Å². The lowest BCUT2D eigenvalue weighted by Gasteiger charge is -2.30. The van der Waals surface area contributed by atoms with Crippen LogP contribution >= 0.6 is 0 Å². The van der Waals surface area contributed by atoms with E-state index in [0.29, 0.717) is 11.1 Å². The second kappa shape index (κ2) is 3.07. The number of fused-ring (bicyclic) bond motifs is 3. The van der Waals surface area contributed by atoms with Gasteiger partial charge in [-0.15, -0.1) is 0 Å². The van der Waals surface area contributed by atoms with Crippen LogP contribution in [0.2, 0.25) is 0 Å². The molecule has 0 spiro atoms. The Morgan fingerprint density at radius 2 is 2.12 bits per heavy atom. The highest BCUT2D eigenvalue weighted by atomic mass is 16.4. The number of aliphatic hydroxyl groups is 1. The topological polar surface area (TPSA) is 77.8 Å². The third-order valence-corrected chi connectivity index (χ3v) is 3.64. The normalized spacial score (nSPS) is 30.3. The first-order chi connectivity index (χ1) is 8.06. The standard InChI is InChI=1S/C12H11NO4/c14-10-7-3-1-2-4-8(7)12(17)9(11(15)16)5-6-13(10)12/h1-4,9,17H,5-6H2,(H,15,16)/t9-,12-/m0/s1. The zero-order chi connectivity index (χ0) is 12.2. The molecule has 5 heteroatoms. The first-order valence-electron chi connectivity index (χ1n) is 5.43. The highest BCUT2D eigenvalue weighted by molar-refractivity contribution is 6.01. The molecule has 1 aromatic carbocycles. The number of nitrogens with zero attached hydrogens (tertiary/aromatic N) is 1. The Balaban J connectivity index is 2.22. The minimum atomic E-state index is -1.67. The molecule has 2 heterocycles. The molecule has 5 nitrogen and oxygen atoms in total. The van der Waals surface area contributed by atoms with Crippen LogP contribution < -0.4 is 0 Å². The number of amides is 1. The SMILES string of the molecule is O=C(O)[C@@H]1CCN2C(=O)c3ccccc3[C@]12O. The van der Waals surface area contributed by atoms with E-state index in [9.17, 15) is 14.7 Å². The van der Waals surface area contributed by atoms with Crippen molar-refractivity contribution in [2.75, 3.05) is 6.54 Å². The summed E-state index contributed by atoms with van der Waals surface area (Å²) in [6.45, 7) is 0.279. The molecule has 0 saturated carbocycles. The number of carbonyl (C=O) groups excluding carboxylic acids is 1. The molecule has 2 atom stereocenters. The maximum atomic E-state index is 12.0. The summed E-state index contributed by atoms with van der Waals surface area (Å²) in [6, 6.07) is 6.64. The smallest absolute Gasteiger partial charge is 0.311 e. The Morgan fingerprint density at radius 1 is 1.41 bits per heavy atom. The second-order valence-electron chi connectivity index (χ2n) is 4.41. The third-order valence-electron chi connectivity index (χ3n) is 3.64. The van der Waals surface area contributed by atoms with Crippen molar-refractivity contribution in [2.45, 2.75) is 12.1 Å². The van der Waals surface area contributed by atoms with Crippen LogP contribution in [-0.4, -0.2) is 33.5 Å². The maximum Gasteiger partial charge on any atom is 0.311 e. The summed E-state index contributed by atoms with van der Waals surface area (Å²) >= 11 is 0. The fourth-order valence-electron chi connectivity index (χ4n) is 2.84. The van der Waals surface area contributed by atoms with E-state index in [1.807, 2.05) is 0 Å². The molecule has 0 radical (unpaired) electrons. The fourth-order valence-corrected chi connectivity index (χ4v) is 2.84. The van der Waals surface area contributed by atoms with Gasteiger partial charge in [-0.1, -0.05) is 18.2 Å². The van der Waals surface area contributed by atoms with Crippen LogP contribution in [-0.2, 0) is 10.5 Å². The van der Waals surface area contributed by atoms with Crippen molar-refractivity contribution in [3.63, 3.8) is 0 Å². The molecule has 0 aliphatic carbocycles. The van der Waals surface area contributed by atoms with Gasteiger partial charge in [0.1, 0.15) is 5.92 Å². The van der Waals surface area contributed by atoms with Crippen molar-refractivity contribution >= 4 is 11.9 Å². The molecule has 2 aliphatic rings. The molecular weight excluding hydrogens is 222 g/mol. The Labute approximate surface area is 97.3 Å². The monoisotopic (exact) mass is 233 g/mol. The van der Waals surface area contributed by atoms with Crippen LogP contribution in [0.3, 0.4) is 0 Å². The Morgan fingerprint density at radius 3 is 2.82 bits per heavy atom. The number of hydrogen-bond acceptors (Lipinski definition) is 3. The van der Waals surface area contributed by atoms with Gasteiger partial charge in [0.25, 0.3) is 5.91 Å². The lowest BCUT2D eigenvalue weighted by Crippen LogP contribution is -2.44. The molecule has 0 aromatic heterocycles. The quantitative estimate of drug-likeness (QED) is 0.735. The average molecular weight is 233 g/mol. The second-order valence-corrected chi connectivity index (χ2v) is 4.41. The molecule has 0 bridgehead atoms. The number of carboxylic acid groups (broad SMARTS) is 1. The van der Waals surface area contributed by atoms with Crippen molar-refractivity contribution in [2.24, 2.45) is 5.92 Å². The van der Waals surface area contributed by atoms with Gasteiger partial charge in [-0.3, -0.25) is 9.59 Å². The summed E-state index contributed by atoms with van der Waals surface area (Å²) in [4.78, 5) is 24.5. The molecule has 2 aliphatic heterocycles. The van der Waals surface area contributed by atoms with Gasteiger partial charge >= 0.3 is 5.97 Å². The van der Waals surface area contributed by atoms with Crippen LogP contribution in [0.25, 0.3) is 0 Å². The lowest BCUT2D eigenvalue weighted by atomic mass is 9.89. The van der Waals surface area contributed by atoms with E-state index in [1.54, 1.807) is 24.3 Å². The molecule has 17 heavy (non-hydrogen) atoms. The van der Waals surface area contributed by atoms with Gasteiger partial charge in [0.15, 0.2) is 5.72 Å². The van der Waals surface area contributed by atoms with Gasteiger partial charge in [-0.05, 0) is 12.5 Å². The minimum Gasteiger partial charge on any atom is -0.481 e. The van der Waals surface area contributed by atoms with Crippen LogP contribution in [0.15, 0.2) is 24.3 Å². The van der Waals surface area contributed by atoms with Crippen molar-refractivity contribution in [1.82, 2.24) is 4.90 Å². The number of aliphatic carboxylic acids is 1. The maximum absolute atomic E-state index is 12.0. The highest BCUT2D eigenvalue weighted by Crippen LogP contribution is 2.47. The van der Waals surface area contributed by atoms with Crippen molar-refractivity contribution in [3.05, 3.63) is 35.4 Å². The molecule has 88 valence electrons. The third kappa shape index (κ3) is 1.07. The van der Waals surface area contributed by atoms with Gasteiger partial charge < -0.3 is 15.1 Å². The summed E-state index contributed by atoms with van der Waals surface area (Å²) in [5, 5.41) is 19.7. The fraction of sp³-hybridized carbons (Fsp3) is 0.333. The van der Waals surface area contributed by atoms with Crippen LogP contribution in [0.5, 0.6) is 0 Å². The summed E-state index contributed by atoms with van der Waals surface area (Å²) in [7, 11) is 0. The van der Waals surface area contributed by atoms with Gasteiger partial charge in [0, 0.05) is 17.7 Å². The van der Waals surface area contributed by atoms with Crippen LogP contribution in [0, 0.1) is 5.92 Å². The molecule has 2 N–H and O–H groups in total. The zero-order valence-corrected chi connectivity index (χ0v) is 8.96. The largest absolute Gasteiger partial charge is 0.481 e. The molecule has 0 unspecified atom stereocenters. The lowest BCUT2D eigenvalue weighted by molar-refractivity contribution is -0.158. The minimum absolute atomic E-state index is 0.279. The number of carbonyl (C=O) groups is 2. The van der Waals surface area contributed by atoms with E-state index in [2.05, 4.69) is 0 Å². The Kier molecular flexibility index (Phi) is 1.86. The van der Waals surface area contributed by atoms with Crippen molar-refractivity contribution < 1.29 is 19.8 Å². The van der Waals surface area contributed by atoms with Crippen molar-refractivity contribution in [1.29, 1.82) is 0 Å². The molecule has 3 rings (SSSR count). The van der Waals surface area contributed by atoms with E-state index >= 15 is 0 Å². The summed E-state index contributed by atoms with van der Waals surface area (Å²) in [6.07, 6.45) is 0.284. The van der Waals surface area contributed by atoms with Gasteiger partial charge in [-0.2, -0.15) is 0 Å². The Bertz CT molecular complexity index is 523. The van der Waals surface area contributed by atoms with Crippen LogP contribution in [0.4, 0.5) is 0 Å². The number of hydrogen-bond donors (Lipinski definition) is 2. The molecule has 1 saturated heterocycles.